The lowest BCUT2D eigenvalue weighted by Gasteiger charge is -2.29. The van der Waals surface area contributed by atoms with Crippen LogP contribution in [-0.4, -0.2) is 68.5 Å². The largest absolute Gasteiger partial charge is 0.756 e. The monoisotopic (exact) mass is 1200 g/mol. The third-order valence-electron chi connectivity index (χ3n) is 17.3. The number of nitrogens with zero attached hydrogens (tertiary/aromatic N) is 1. The van der Waals surface area contributed by atoms with Crippen LogP contribution >= 0.6 is 7.82 Å². The smallest absolute Gasteiger partial charge is 0.268 e. The first kappa shape index (κ1) is 82.7. The molecule has 498 valence electrons. The summed E-state index contributed by atoms with van der Waals surface area (Å²) in [7, 11) is 1.25. The molecule has 0 bridgehead atoms. The quantitative estimate of drug-likeness (QED) is 0.0272. The van der Waals surface area contributed by atoms with Crippen LogP contribution in [0, 0.1) is 0 Å². The number of carbonyl (C=O) groups is 1. The Morgan fingerprint density at radius 1 is 0.405 bits per heavy atom. The van der Waals surface area contributed by atoms with Crippen LogP contribution in [0.4, 0.5) is 0 Å². The molecule has 0 aliphatic rings. The van der Waals surface area contributed by atoms with Crippen molar-refractivity contribution in [1.82, 2.24) is 5.32 Å². The number of phosphoric ester groups is 1. The summed E-state index contributed by atoms with van der Waals surface area (Å²) in [5.74, 6) is -0.203. The van der Waals surface area contributed by atoms with Gasteiger partial charge in [-0.15, -0.1) is 0 Å². The van der Waals surface area contributed by atoms with E-state index in [2.05, 4.69) is 43.5 Å². The zero-order valence-corrected chi connectivity index (χ0v) is 58.0. The van der Waals surface area contributed by atoms with Crippen LogP contribution in [0.15, 0.2) is 36.5 Å². The molecule has 2 N–H and O–H groups in total. The standard InChI is InChI=1S/C75H147N2O6P/c1-6-8-10-12-14-16-18-20-22-24-26-28-30-32-33-34-35-36-37-38-39-40-41-42-43-44-45-47-49-51-53-55-57-59-61-63-65-67-69-75(79)76-73(72-83-84(80,81)82-71-70-77(3,4)5)74(78)68-66-64-62-60-58-56-54-52-50-48-46-31-29-27-25-23-21-19-17-15-13-11-9-7-2/h50,52,58,60,66,68,73-74,78H,6-49,51,53-57,59,61-65,67,69-72H2,1-5H3,(H-,76,79,80,81)/b52-50+,60-58+,68-66+. The average molecular weight is 1200 g/mol. The summed E-state index contributed by atoms with van der Waals surface area (Å²) in [6.07, 6.45) is 88.8. The van der Waals surface area contributed by atoms with Crippen molar-refractivity contribution >= 4 is 13.7 Å². The summed E-state index contributed by atoms with van der Waals surface area (Å²) in [6, 6.07) is -0.910. The van der Waals surface area contributed by atoms with Crippen molar-refractivity contribution in [3.05, 3.63) is 36.5 Å². The highest BCUT2D eigenvalue weighted by Gasteiger charge is 2.23. The normalized spacial score (nSPS) is 13.8. The highest BCUT2D eigenvalue weighted by atomic mass is 31.2. The van der Waals surface area contributed by atoms with E-state index < -0.39 is 26.6 Å². The van der Waals surface area contributed by atoms with Crippen LogP contribution in [-0.2, 0) is 18.4 Å². The van der Waals surface area contributed by atoms with Crippen molar-refractivity contribution in [3.8, 4) is 0 Å². The number of allylic oxidation sites excluding steroid dienone is 5. The molecule has 0 aromatic heterocycles. The molecule has 1 amide bonds. The van der Waals surface area contributed by atoms with E-state index >= 15 is 0 Å². The van der Waals surface area contributed by atoms with Crippen LogP contribution in [0.1, 0.15) is 386 Å². The Kier molecular flexibility index (Phi) is 65.1. The van der Waals surface area contributed by atoms with Gasteiger partial charge in [0.05, 0.1) is 39.9 Å². The van der Waals surface area contributed by atoms with Gasteiger partial charge in [-0.05, 0) is 44.9 Å². The predicted molar refractivity (Wildman–Crippen MR) is 367 cm³/mol. The molecule has 3 atom stereocenters. The first-order chi connectivity index (χ1) is 41.0. The Morgan fingerprint density at radius 2 is 0.667 bits per heavy atom. The van der Waals surface area contributed by atoms with Gasteiger partial charge in [-0.3, -0.25) is 9.36 Å². The fourth-order valence-electron chi connectivity index (χ4n) is 11.5. The van der Waals surface area contributed by atoms with Gasteiger partial charge in [0.2, 0.25) is 5.91 Å². The molecule has 0 aromatic carbocycles. The fourth-order valence-corrected chi connectivity index (χ4v) is 12.3. The zero-order valence-electron chi connectivity index (χ0n) is 57.1. The molecule has 8 nitrogen and oxygen atoms in total. The first-order valence-electron chi connectivity index (χ1n) is 37.4. The fraction of sp³-hybridized carbons (Fsp3) is 0.907. The lowest BCUT2D eigenvalue weighted by Crippen LogP contribution is -2.45. The number of aliphatic hydroxyl groups is 1. The number of unbranched alkanes of at least 4 members (excludes halogenated alkanes) is 53. The molecule has 0 saturated heterocycles. The Morgan fingerprint density at radius 3 is 0.964 bits per heavy atom. The Bertz CT molecular complexity index is 1460. The van der Waals surface area contributed by atoms with Crippen LogP contribution in [0.5, 0.6) is 0 Å². The number of likely N-dealkylation sites (N-methyl/N-ethyl adjacent to an activating group) is 1. The number of hydrogen-bond acceptors (Lipinski definition) is 6. The van der Waals surface area contributed by atoms with E-state index in [0.717, 1.165) is 44.9 Å². The van der Waals surface area contributed by atoms with Gasteiger partial charge in [-0.25, -0.2) is 0 Å². The number of rotatable bonds is 70. The molecule has 84 heavy (non-hydrogen) atoms. The van der Waals surface area contributed by atoms with Crippen LogP contribution in [0.2, 0.25) is 0 Å². The highest BCUT2D eigenvalue weighted by molar-refractivity contribution is 7.45. The maximum atomic E-state index is 13.0. The molecule has 3 unspecified atom stereocenters. The molecular formula is C75H147N2O6P. The van der Waals surface area contributed by atoms with Crippen molar-refractivity contribution < 1.29 is 32.9 Å². The summed E-state index contributed by atoms with van der Waals surface area (Å²) >= 11 is 0. The molecule has 9 heteroatoms. The van der Waals surface area contributed by atoms with Gasteiger partial charge in [-0.2, -0.15) is 0 Å². The molecule has 0 aliphatic carbocycles. The van der Waals surface area contributed by atoms with E-state index in [1.807, 2.05) is 27.2 Å². The van der Waals surface area contributed by atoms with E-state index in [-0.39, 0.29) is 12.5 Å². The third-order valence-corrected chi connectivity index (χ3v) is 18.3. The van der Waals surface area contributed by atoms with Crippen LogP contribution in [0.25, 0.3) is 0 Å². The van der Waals surface area contributed by atoms with Crippen molar-refractivity contribution in [3.63, 3.8) is 0 Å². The van der Waals surface area contributed by atoms with E-state index in [4.69, 9.17) is 9.05 Å². The molecule has 0 fully saturated rings. The number of hydrogen-bond donors (Lipinski definition) is 2. The number of amides is 1. The van der Waals surface area contributed by atoms with E-state index in [1.54, 1.807) is 6.08 Å². The molecule has 0 aromatic rings. The summed E-state index contributed by atoms with van der Waals surface area (Å²) in [6.45, 7) is 4.68. The second-order valence-electron chi connectivity index (χ2n) is 27.0. The molecule has 0 radical (unpaired) electrons. The first-order valence-corrected chi connectivity index (χ1v) is 38.8. The minimum atomic E-state index is -4.61. The molecule has 0 heterocycles. The Balaban J connectivity index is 3.97. The zero-order chi connectivity index (χ0) is 61.2. The van der Waals surface area contributed by atoms with Gasteiger partial charge in [0.15, 0.2) is 0 Å². The average Bonchev–Trinajstić information content (AvgIpc) is 3.56. The molecule has 0 rings (SSSR count). The molecular weight excluding hydrogens is 1060 g/mol. The number of quaternary nitrogens is 1. The van der Waals surface area contributed by atoms with Gasteiger partial charge in [0.25, 0.3) is 7.82 Å². The van der Waals surface area contributed by atoms with Gasteiger partial charge < -0.3 is 28.8 Å². The number of carbonyl (C=O) groups excluding carboxylic acids is 1. The summed E-state index contributed by atoms with van der Waals surface area (Å²) in [5.41, 5.74) is 0. The lowest BCUT2D eigenvalue weighted by atomic mass is 10.0. The lowest BCUT2D eigenvalue weighted by molar-refractivity contribution is -0.870. The summed E-state index contributed by atoms with van der Waals surface area (Å²) in [5, 5.41) is 13.9. The topological polar surface area (TPSA) is 108 Å². The minimum absolute atomic E-state index is 0.00706. The maximum Gasteiger partial charge on any atom is 0.268 e. The van der Waals surface area contributed by atoms with Crippen LogP contribution in [0.3, 0.4) is 0 Å². The molecule has 0 aliphatic heterocycles. The van der Waals surface area contributed by atoms with Crippen LogP contribution < -0.4 is 10.2 Å². The van der Waals surface area contributed by atoms with E-state index in [9.17, 15) is 19.4 Å². The van der Waals surface area contributed by atoms with Gasteiger partial charge in [-0.1, -0.05) is 371 Å². The third kappa shape index (κ3) is 68.2. The molecule has 0 saturated carbocycles. The number of phosphoric acid groups is 1. The van der Waals surface area contributed by atoms with Crippen molar-refractivity contribution in [1.29, 1.82) is 0 Å². The summed E-state index contributed by atoms with van der Waals surface area (Å²) < 4.78 is 23.4. The second kappa shape index (κ2) is 66.1. The van der Waals surface area contributed by atoms with E-state index in [0.29, 0.717) is 17.4 Å². The Hall–Kier alpha value is -1.28. The van der Waals surface area contributed by atoms with E-state index in [1.165, 1.54) is 321 Å². The summed E-state index contributed by atoms with van der Waals surface area (Å²) in [4.78, 5) is 25.6. The predicted octanol–water partition coefficient (Wildman–Crippen LogP) is 23.4. The number of nitrogens with one attached hydrogen (secondary N) is 1. The minimum Gasteiger partial charge on any atom is -0.756 e. The molecule has 0 spiro atoms. The van der Waals surface area contributed by atoms with Crippen molar-refractivity contribution in [2.45, 2.75) is 398 Å². The highest BCUT2D eigenvalue weighted by Crippen LogP contribution is 2.38. The maximum absolute atomic E-state index is 13.0. The number of aliphatic hydroxyl groups excluding tert-OH is 1. The second-order valence-corrected chi connectivity index (χ2v) is 28.4. The van der Waals surface area contributed by atoms with Crippen molar-refractivity contribution in [2.24, 2.45) is 0 Å². The van der Waals surface area contributed by atoms with Gasteiger partial charge in [0.1, 0.15) is 13.2 Å². The van der Waals surface area contributed by atoms with Crippen molar-refractivity contribution in [2.75, 3.05) is 40.9 Å². The SMILES string of the molecule is CCCCCCCCCCCCCCCC/C=C/CC/C=C/CC/C=C/C(O)C(COP(=O)([O-])OCC[N+](C)(C)C)NC(=O)CCCCCCCCCCCCCCCCCCCCCCCCCCCCCCCCCCCCCCCC. The Labute approximate surface area is 525 Å². The van der Waals surface area contributed by atoms with Gasteiger partial charge >= 0.3 is 0 Å². The van der Waals surface area contributed by atoms with Gasteiger partial charge in [0, 0.05) is 6.42 Å².